The van der Waals surface area contributed by atoms with Crippen LogP contribution in [0.1, 0.15) is 33.8 Å². The van der Waals surface area contributed by atoms with E-state index >= 15 is 0 Å². The largest absolute Gasteiger partial charge is 0.451 e. The molecule has 2 fully saturated rings. The molecular formula is C20H23N3O4. The van der Waals surface area contributed by atoms with E-state index in [0.717, 1.165) is 13.1 Å². The first-order valence-corrected chi connectivity index (χ1v) is 9.24. The number of hydrogen-bond acceptors (Lipinski definition) is 5. The van der Waals surface area contributed by atoms with Crippen LogP contribution in [0.2, 0.25) is 0 Å². The first-order chi connectivity index (χ1) is 13.1. The van der Waals surface area contributed by atoms with Gasteiger partial charge in [0.05, 0.1) is 25.3 Å². The summed E-state index contributed by atoms with van der Waals surface area (Å²) in [5.74, 6) is -0.170. The van der Waals surface area contributed by atoms with Gasteiger partial charge in [-0.15, -0.1) is 0 Å². The van der Waals surface area contributed by atoms with E-state index < -0.39 is 5.91 Å². The Labute approximate surface area is 157 Å². The maximum Gasteiger partial charge on any atom is 0.284 e. The Bertz CT molecular complexity index is 841. The summed E-state index contributed by atoms with van der Waals surface area (Å²) in [5.41, 5.74) is 6.48. The van der Waals surface area contributed by atoms with Crippen LogP contribution in [0.15, 0.2) is 40.8 Å². The predicted octanol–water partition coefficient (Wildman–Crippen LogP) is 1.64. The molecule has 3 heterocycles. The Kier molecular flexibility index (Phi) is 4.96. The number of ether oxygens (including phenoxy) is 1. The minimum absolute atomic E-state index is 0.00988. The number of nitrogens with one attached hydrogen (secondary N) is 1. The molecule has 2 saturated heterocycles. The van der Waals surface area contributed by atoms with E-state index in [4.69, 9.17) is 14.9 Å². The fraction of sp³-hybridized carbons (Fsp3) is 0.400. The van der Waals surface area contributed by atoms with Crippen molar-refractivity contribution < 1.29 is 18.7 Å². The fourth-order valence-electron chi connectivity index (χ4n) is 3.80. The van der Waals surface area contributed by atoms with Gasteiger partial charge in [-0.2, -0.15) is 0 Å². The number of likely N-dealkylation sites (tertiary alicyclic amines) is 1. The van der Waals surface area contributed by atoms with Crippen molar-refractivity contribution in [1.29, 1.82) is 0 Å². The van der Waals surface area contributed by atoms with Crippen LogP contribution in [-0.4, -0.2) is 55.1 Å². The Morgan fingerprint density at radius 1 is 1.11 bits per heavy atom. The van der Waals surface area contributed by atoms with Gasteiger partial charge in [-0.25, -0.2) is 0 Å². The van der Waals surface area contributed by atoms with Crippen LogP contribution in [0.25, 0.3) is 11.3 Å². The number of nitrogens with two attached hydrogens (primary N) is 1. The Morgan fingerprint density at radius 3 is 2.67 bits per heavy atom. The van der Waals surface area contributed by atoms with Gasteiger partial charge in [0.15, 0.2) is 5.76 Å². The highest BCUT2D eigenvalue weighted by atomic mass is 16.5. The standard InChI is InChI=1S/C20H23N3O4/c21-19(24)18-7-6-17(27-18)13-4-3-5-14(10-13)20(25)22-15-11-26-12-16(15)23-8-1-2-9-23/h3-7,10,15-16H,1-2,8-9,11-12H2,(H2,21,24)(H,22,25). The number of carbonyl (C=O) groups excluding carboxylic acids is 2. The summed E-state index contributed by atoms with van der Waals surface area (Å²) in [7, 11) is 0. The van der Waals surface area contributed by atoms with Crippen LogP contribution in [0.3, 0.4) is 0 Å². The third-order valence-electron chi connectivity index (χ3n) is 5.23. The molecule has 0 spiro atoms. The summed E-state index contributed by atoms with van der Waals surface area (Å²) in [4.78, 5) is 26.4. The number of primary amides is 1. The predicted molar refractivity (Wildman–Crippen MR) is 99.3 cm³/mol. The van der Waals surface area contributed by atoms with Crippen molar-refractivity contribution in [2.24, 2.45) is 5.73 Å². The van der Waals surface area contributed by atoms with Gasteiger partial charge in [-0.1, -0.05) is 12.1 Å². The molecule has 2 unspecified atom stereocenters. The van der Waals surface area contributed by atoms with E-state index in [1.807, 2.05) is 6.07 Å². The van der Waals surface area contributed by atoms with Crippen LogP contribution in [0.5, 0.6) is 0 Å². The van der Waals surface area contributed by atoms with Gasteiger partial charge in [0, 0.05) is 11.1 Å². The molecule has 2 atom stereocenters. The molecule has 2 aliphatic rings. The molecule has 0 bridgehead atoms. The molecule has 0 saturated carbocycles. The van der Waals surface area contributed by atoms with Crippen molar-refractivity contribution in [2.75, 3.05) is 26.3 Å². The van der Waals surface area contributed by atoms with Gasteiger partial charge >= 0.3 is 0 Å². The third kappa shape index (κ3) is 3.74. The van der Waals surface area contributed by atoms with E-state index in [1.54, 1.807) is 24.3 Å². The zero-order valence-electron chi connectivity index (χ0n) is 15.0. The second-order valence-corrected chi connectivity index (χ2v) is 7.04. The molecule has 0 aliphatic carbocycles. The topological polar surface area (TPSA) is 97.8 Å². The lowest BCUT2D eigenvalue weighted by Crippen LogP contribution is -2.50. The van der Waals surface area contributed by atoms with E-state index in [9.17, 15) is 9.59 Å². The quantitative estimate of drug-likeness (QED) is 0.835. The highest BCUT2D eigenvalue weighted by Gasteiger charge is 2.35. The molecule has 2 aromatic rings. The molecule has 3 N–H and O–H groups in total. The number of amides is 2. The number of rotatable bonds is 5. The average Bonchev–Trinajstić information content (AvgIpc) is 3.42. The van der Waals surface area contributed by atoms with Crippen molar-refractivity contribution in [3.05, 3.63) is 47.7 Å². The molecule has 27 heavy (non-hydrogen) atoms. The van der Waals surface area contributed by atoms with Crippen LogP contribution >= 0.6 is 0 Å². The van der Waals surface area contributed by atoms with Gasteiger partial charge in [-0.3, -0.25) is 14.5 Å². The van der Waals surface area contributed by atoms with Gasteiger partial charge in [0.2, 0.25) is 0 Å². The maximum atomic E-state index is 12.8. The van der Waals surface area contributed by atoms with Gasteiger partial charge in [0.25, 0.3) is 11.8 Å². The van der Waals surface area contributed by atoms with E-state index in [1.165, 1.54) is 18.9 Å². The van der Waals surface area contributed by atoms with Gasteiger partial charge in [-0.05, 0) is 50.2 Å². The molecule has 4 rings (SSSR count). The van der Waals surface area contributed by atoms with Gasteiger partial charge < -0.3 is 20.2 Å². The average molecular weight is 369 g/mol. The Morgan fingerprint density at radius 2 is 1.93 bits per heavy atom. The highest BCUT2D eigenvalue weighted by Crippen LogP contribution is 2.24. The maximum absolute atomic E-state index is 12.8. The molecule has 142 valence electrons. The first kappa shape index (κ1) is 17.8. The number of furan rings is 1. The third-order valence-corrected chi connectivity index (χ3v) is 5.23. The van der Waals surface area contributed by atoms with Crippen LogP contribution in [-0.2, 0) is 4.74 Å². The molecule has 0 radical (unpaired) electrons. The molecule has 7 nitrogen and oxygen atoms in total. The molecule has 2 amide bonds. The fourth-order valence-corrected chi connectivity index (χ4v) is 3.80. The summed E-state index contributed by atoms with van der Waals surface area (Å²) in [6, 6.07) is 10.6. The first-order valence-electron chi connectivity index (χ1n) is 9.24. The Hall–Kier alpha value is -2.64. The minimum Gasteiger partial charge on any atom is -0.451 e. The van der Waals surface area contributed by atoms with Crippen molar-refractivity contribution in [3.63, 3.8) is 0 Å². The van der Waals surface area contributed by atoms with Crippen LogP contribution in [0, 0.1) is 0 Å². The number of hydrogen-bond donors (Lipinski definition) is 2. The summed E-state index contributed by atoms with van der Waals surface area (Å²) in [6.45, 7) is 3.33. The normalized spacial score (nSPS) is 22.8. The van der Waals surface area contributed by atoms with Crippen molar-refractivity contribution in [2.45, 2.75) is 24.9 Å². The molecule has 1 aromatic carbocycles. The molecule has 1 aromatic heterocycles. The van der Waals surface area contributed by atoms with E-state index in [2.05, 4.69) is 10.2 Å². The lowest BCUT2D eigenvalue weighted by atomic mass is 10.1. The number of carbonyl (C=O) groups is 2. The summed E-state index contributed by atoms with van der Waals surface area (Å²) in [5, 5.41) is 3.11. The lowest BCUT2D eigenvalue weighted by molar-refractivity contribution is 0.0915. The molecular weight excluding hydrogens is 346 g/mol. The second-order valence-electron chi connectivity index (χ2n) is 7.04. The highest BCUT2D eigenvalue weighted by molar-refractivity contribution is 5.95. The minimum atomic E-state index is -0.621. The second kappa shape index (κ2) is 7.54. The summed E-state index contributed by atoms with van der Waals surface area (Å²) < 4.78 is 11.1. The van der Waals surface area contributed by atoms with Crippen molar-refractivity contribution >= 4 is 11.8 Å². The van der Waals surface area contributed by atoms with E-state index in [0.29, 0.717) is 30.1 Å². The lowest BCUT2D eigenvalue weighted by Gasteiger charge is -2.27. The SMILES string of the molecule is NC(=O)c1ccc(-c2cccc(C(=O)NC3COCC3N3CCCC3)c2)o1. The summed E-state index contributed by atoms with van der Waals surface area (Å²) in [6.07, 6.45) is 2.41. The van der Waals surface area contributed by atoms with Crippen LogP contribution in [0.4, 0.5) is 0 Å². The molecule has 2 aliphatic heterocycles. The number of nitrogens with zero attached hydrogens (tertiary/aromatic N) is 1. The van der Waals surface area contributed by atoms with Crippen molar-refractivity contribution in [1.82, 2.24) is 10.2 Å². The van der Waals surface area contributed by atoms with Crippen molar-refractivity contribution in [3.8, 4) is 11.3 Å². The monoisotopic (exact) mass is 369 g/mol. The Balaban J connectivity index is 1.48. The van der Waals surface area contributed by atoms with Crippen LogP contribution < -0.4 is 11.1 Å². The molecule has 7 heteroatoms. The summed E-state index contributed by atoms with van der Waals surface area (Å²) >= 11 is 0. The van der Waals surface area contributed by atoms with E-state index in [-0.39, 0.29) is 23.8 Å². The zero-order valence-corrected chi connectivity index (χ0v) is 15.0. The van der Waals surface area contributed by atoms with Gasteiger partial charge in [0.1, 0.15) is 5.76 Å². The smallest absolute Gasteiger partial charge is 0.284 e. The zero-order chi connectivity index (χ0) is 18.8. The number of benzene rings is 1.